The summed E-state index contributed by atoms with van der Waals surface area (Å²) in [6.07, 6.45) is 0. The third-order valence-electron chi connectivity index (χ3n) is 2.51. The molecule has 0 aromatic heterocycles. The number of aryl methyl sites for hydroxylation is 1. The highest BCUT2D eigenvalue weighted by Gasteiger charge is 2.08. The Balaban J connectivity index is 2.36. The Morgan fingerprint density at radius 1 is 1.00 bits per heavy atom. The average Bonchev–Trinajstić information content (AvgIpc) is 2.36. The number of nitrogens with two attached hydrogens (primary N) is 1. The van der Waals surface area contributed by atoms with E-state index in [0.717, 1.165) is 10.0 Å². The monoisotopic (exact) mass is 307 g/mol. The number of ether oxygens (including phenoxy) is 2. The number of nitrogen functional groups attached to an aromatic ring is 1. The molecule has 0 saturated heterocycles. The summed E-state index contributed by atoms with van der Waals surface area (Å²) in [5.74, 6) is 1.94. The lowest BCUT2D eigenvalue weighted by Crippen LogP contribution is -1.94. The van der Waals surface area contributed by atoms with Gasteiger partial charge in [-0.1, -0.05) is 22.0 Å². The zero-order valence-electron chi connectivity index (χ0n) is 10.2. The molecular formula is C14H14BrNO2. The van der Waals surface area contributed by atoms with Crippen molar-refractivity contribution in [1.82, 2.24) is 0 Å². The number of methoxy groups -OCH3 is 1. The molecule has 0 heterocycles. The summed E-state index contributed by atoms with van der Waals surface area (Å²) < 4.78 is 12.0. The fraction of sp³-hybridized carbons (Fsp3) is 0.143. The number of hydrogen-bond acceptors (Lipinski definition) is 3. The summed E-state index contributed by atoms with van der Waals surface area (Å²) in [6.45, 7) is 2.00. The maximum Gasteiger partial charge on any atom is 0.169 e. The Labute approximate surface area is 115 Å². The van der Waals surface area contributed by atoms with Gasteiger partial charge in [0, 0.05) is 4.47 Å². The molecule has 0 atom stereocenters. The zero-order chi connectivity index (χ0) is 13.1. The van der Waals surface area contributed by atoms with E-state index < -0.39 is 0 Å². The SMILES string of the molecule is COc1cc(C)ccc1Oc1cc(Br)ccc1N. The molecule has 18 heavy (non-hydrogen) atoms. The first-order valence-electron chi connectivity index (χ1n) is 5.47. The van der Waals surface area contributed by atoms with Crippen LogP contribution in [0, 0.1) is 6.92 Å². The molecule has 0 bridgehead atoms. The second-order valence-corrected chi connectivity index (χ2v) is 4.85. The van der Waals surface area contributed by atoms with E-state index in [1.807, 2.05) is 37.3 Å². The third kappa shape index (κ3) is 2.76. The van der Waals surface area contributed by atoms with Crippen molar-refractivity contribution >= 4 is 21.6 Å². The van der Waals surface area contributed by atoms with Gasteiger partial charge in [0.15, 0.2) is 17.2 Å². The Morgan fingerprint density at radius 3 is 2.50 bits per heavy atom. The first kappa shape index (κ1) is 12.8. The van der Waals surface area contributed by atoms with Crippen LogP contribution in [0.4, 0.5) is 5.69 Å². The van der Waals surface area contributed by atoms with E-state index in [1.54, 1.807) is 13.2 Å². The lowest BCUT2D eigenvalue weighted by atomic mass is 10.2. The minimum absolute atomic E-state index is 0.584. The van der Waals surface area contributed by atoms with Gasteiger partial charge in [0.2, 0.25) is 0 Å². The van der Waals surface area contributed by atoms with E-state index in [0.29, 0.717) is 22.9 Å². The average molecular weight is 308 g/mol. The Morgan fingerprint density at radius 2 is 1.78 bits per heavy atom. The van der Waals surface area contributed by atoms with E-state index in [1.165, 1.54) is 0 Å². The second-order valence-electron chi connectivity index (χ2n) is 3.94. The van der Waals surface area contributed by atoms with E-state index in [9.17, 15) is 0 Å². The molecule has 2 aromatic carbocycles. The van der Waals surface area contributed by atoms with Crippen LogP contribution in [0.5, 0.6) is 17.2 Å². The molecule has 0 spiro atoms. The summed E-state index contributed by atoms with van der Waals surface area (Å²) in [7, 11) is 1.62. The van der Waals surface area contributed by atoms with Crippen LogP contribution in [-0.2, 0) is 0 Å². The fourth-order valence-electron chi connectivity index (χ4n) is 1.57. The minimum atomic E-state index is 0.584. The second kappa shape index (κ2) is 5.31. The van der Waals surface area contributed by atoms with E-state index in [4.69, 9.17) is 15.2 Å². The smallest absolute Gasteiger partial charge is 0.169 e. The van der Waals surface area contributed by atoms with Crippen molar-refractivity contribution < 1.29 is 9.47 Å². The van der Waals surface area contributed by atoms with E-state index in [2.05, 4.69) is 15.9 Å². The molecule has 2 N–H and O–H groups in total. The van der Waals surface area contributed by atoms with E-state index in [-0.39, 0.29) is 0 Å². The van der Waals surface area contributed by atoms with E-state index >= 15 is 0 Å². The summed E-state index contributed by atoms with van der Waals surface area (Å²) in [6, 6.07) is 11.2. The molecule has 0 aliphatic rings. The van der Waals surface area contributed by atoms with Crippen molar-refractivity contribution in [3.05, 3.63) is 46.4 Å². The molecule has 0 aliphatic heterocycles. The minimum Gasteiger partial charge on any atom is -0.493 e. The molecule has 0 amide bonds. The molecule has 94 valence electrons. The Hall–Kier alpha value is -1.68. The number of halogens is 1. The van der Waals surface area contributed by atoms with Crippen LogP contribution in [0.25, 0.3) is 0 Å². The van der Waals surface area contributed by atoms with Crippen molar-refractivity contribution in [3.8, 4) is 17.2 Å². The van der Waals surface area contributed by atoms with Crippen molar-refractivity contribution in [3.63, 3.8) is 0 Å². The molecule has 4 heteroatoms. The maximum absolute atomic E-state index is 5.87. The van der Waals surface area contributed by atoms with Gasteiger partial charge in [-0.15, -0.1) is 0 Å². The molecule has 0 fully saturated rings. The molecule has 3 nitrogen and oxygen atoms in total. The van der Waals surface area contributed by atoms with Crippen LogP contribution in [0.15, 0.2) is 40.9 Å². The van der Waals surface area contributed by atoms with Gasteiger partial charge in [-0.25, -0.2) is 0 Å². The summed E-state index contributed by atoms with van der Waals surface area (Å²) >= 11 is 3.39. The molecule has 0 aliphatic carbocycles. The van der Waals surface area contributed by atoms with Crippen LogP contribution in [0.3, 0.4) is 0 Å². The maximum atomic E-state index is 5.87. The third-order valence-corrected chi connectivity index (χ3v) is 3.01. The van der Waals surface area contributed by atoms with Crippen molar-refractivity contribution in [2.45, 2.75) is 6.92 Å². The van der Waals surface area contributed by atoms with Crippen molar-refractivity contribution in [2.75, 3.05) is 12.8 Å². The molecule has 0 saturated carbocycles. The number of anilines is 1. The van der Waals surface area contributed by atoms with Gasteiger partial charge in [0.1, 0.15) is 0 Å². The highest BCUT2D eigenvalue weighted by Crippen LogP contribution is 2.35. The quantitative estimate of drug-likeness (QED) is 0.867. The first-order valence-corrected chi connectivity index (χ1v) is 6.27. The molecular weight excluding hydrogens is 294 g/mol. The van der Waals surface area contributed by atoms with Crippen LogP contribution in [0.1, 0.15) is 5.56 Å². The molecule has 2 rings (SSSR count). The topological polar surface area (TPSA) is 44.5 Å². The number of benzene rings is 2. The lowest BCUT2D eigenvalue weighted by molar-refractivity contribution is 0.379. The molecule has 0 unspecified atom stereocenters. The van der Waals surface area contributed by atoms with Gasteiger partial charge in [-0.2, -0.15) is 0 Å². The van der Waals surface area contributed by atoms with Crippen LogP contribution < -0.4 is 15.2 Å². The van der Waals surface area contributed by atoms with Crippen molar-refractivity contribution in [1.29, 1.82) is 0 Å². The standard InChI is InChI=1S/C14H14BrNO2/c1-9-3-6-12(14(7-9)17-2)18-13-8-10(15)4-5-11(13)16/h3-8H,16H2,1-2H3. The van der Waals surface area contributed by atoms with Gasteiger partial charge < -0.3 is 15.2 Å². The van der Waals surface area contributed by atoms with Gasteiger partial charge >= 0.3 is 0 Å². The highest BCUT2D eigenvalue weighted by molar-refractivity contribution is 9.10. The largest absolute Gasteiger partial charge is 0.493 e. The Bertz CT molecular complexity index is 570. The van der Waals surface area contributed by atoms with Crippen LogP contribution >= 0.6 is 15.9 Å². The molecule has 0 radical (unpaired) electrons. The summed E-state index contributed by atoms with van der Waals surface area (Å²) in [5.41, 5.74) is 7.57. The predicted octanol–water partition coefficient (Wildman–Crippen LogP) is 4.14. The fourth-order valence-corrected chi connectivity index (χ4v) is 1.91. The van der Waals surface area contributed by atoms with Gasteiger partial charge in [-0.3, -0.25) is 0 Å². The summed E-state index contributed by atoms with van der Waals surface area (Å²) in [4.78, 5) is 0. The highest BCUT2D eigenvalue weighted by atomic mass is 79.9. The van der Waals surface area contributed by atoms with Crippen molar-refractivity contribution in [2.24, 2.45) is 0 Å². The zero-order valence-corrected chi connectivity index (χ0v) is 11.8. The normalized spacial score (nSPS) is 10.2. The van der Waals surface area contributed by atoms with Gasteiger partial charge in [0.05, 0.1) is 12.8 Å². The Kier molecular flexibility index (Phi) is 3.77. The van der Waals surface area contributed by atoms with Gasteiger partial charge in [0.25, 0.3) is 0 Å². The van der Waals surface area contributed by atoms with Crippen LogP contribution in [-0.4, -0.2) is 7.11 Å². The lowest BCUT2D eigenvalue weighted by Gasteiger charge is -2.12. The predicted molar refractivity (Wildman–Crippen MR) is 76.4 cm³/mol. The molecule has 2 aromatic rings. The van der Waals surface area contributed by atoms with Crippen LogP contribution in [0.2, 0.25) is 0 Å². The number of hydrogen-bond donors (Lipinski definition) is 1. The number of rotatable bonds is 3. The summed E-state index contributed by atoms with van der Waals surface area (Å²) in [5, 5.41) is 0. The first-order chi connectivity index (χ1) is 8.60. The van der Waals surface area contributed by atoms with Gasteiger partial charge in [-0.05, 0) is 42.8 Å².